The van der Waals surface area contributed by atoms with Crippen molar-refractivity contribution in [2.75, 3.05) is 0 Å². The van der Waals surface area contributed by atoms with Crippen molar-refractivity contribution in [2.24, 2.45) is 11.8 Å². The van der Waals surface area contributed by atoms with Crippen molar-refractivity contribution in [1.29, 1.82) is 0 Å². The number of aliphatic hydroxyl groups is 1. The average molecular weight is 178 g/mol. The summed E-state index contributed by atoms with van der Waals surface area (Å²) in [5.41, 5.74) is 4.07. The molecule has 1 nitrogen and oxygen atoms in total. The minimum Gasteiger partial charge on any atom is -0.388 e. The highest BCUT2D eigenvalue weighted by Crippen LogP contribution is 2.42. The molecule has 2 aliphatic carbocycles. The highest BCUT2D eigenvalue weighted by Gasteiger charge is 2.33. The van der Waals surface area contributed by atoms with Crippen LogP contribution in [0.1, 0.15) is 33.6 Å². The summed E-state index contributed by atoms with van der Waals surface area (Å²) >= 11 is 0. The Morgan fingerprint density at radius 3 is 2.69 bits per heavy atom. The first-order valence-corrected chi connectivity index (χ1v) is 5.18. The molecule has 0 aromatic heterocycles. The van der Waals surface area contributed by atoms with Crippen molar-refractivity contribution in [1.82, 2.24) is 0 Å². The van der Waals surface area contributed by atoms with Gasteiger partial charge in [0.05, 0.1) is 6.10 Å². The molecule has 1 heteroatoms. The molecule has 0 heterocycles. The van der Waals surface area contributed by atoms with Gasteiger partial charge in [-0.15, -0.1) is 0 Å². The summed E-state index contributed by atoms with van der Waals surface area (Å²) < 4.78 is 0. The fraction of sp³-hybridized carbons (Fsp3) is 0.667. The van der Waals surface area contributed by atoms with E-state index >= 15 is 0 Å². The topological polar surface area (TPSA) is 20.2 Å². The molecule has 2 aliphatic rings. The lowest BCUT2D eigenvalue weighted by Gasteiger charge is -2.20. The van der Waals surface area contributed by atoms with Crippen LogP contribution in [-0.2, 0) is 0 Å². The van der Waals surface area contributed by atoms with Crippen molar-refractivity contribution in [3.63, 3.8) is 0 Å². The Labute approximate surface area is 80.2 Å². The molecule has 2 rings (SSSR count). The molecule has 13 heavy (non-hydrogen) atoms. The Kier molecular flexibility index (Phi) is 2.07. The lowest BCUT2D eigenvalue weighted by atomic mass is 9.87. The second-order valence-corrected chi connectivity index (χ2v) is 4.67. The summed E-state index contributed by atoms with van der Waals surface area (Å²) in [7, 11) is 0. The second-order valence-electron chi connectivity index (χ2n) is 4.67. The van der Waals surface area contributed by atoms with E-state index in [1.807, 2.05) is 0 Å². The monoisotopic (exact) mass is 178 g/mol. The van der Waals surface area contributed by atoms with E-state index in [0.29, 0.717) is 11.8 Å². The van der Waals surface area contributed by atoms with Crippen molar-refractivity contribution in [3.05, 3.63) is 22.8 Å². The number of aliphatic hydroxyl groups excluding tert-OH is 1. The van der Waals surface area contributed by atoms with Gasteiger partial charge in [-0.1, -0.05) is 25.5 Å². The summed E-state index contributed by atoms with van der Waals surface area (Å²) in [5, 5.41) is 9.95. The predicted octanol–water partition coefficient (Wildman–Crippen LogP) is 2.67. The van der Waals surface area contributed by atoms with Crippen LogP contribution in [0.25, 0.3) is 0 Å². The molecule has 0 saturated heterocycles. The highest BCUT2D eigenvalue weighted by molar-refractivity contribution is 5.44. The van der Waals surface area contributed by atoms with Gasteiger partial charge in [0.15, 0.2) is 0 Å². The number of hydrogen-bond acceptors (Lipinski definition) is 1. The number of hydrogen-bond donors (Lipinski definition) is 1. The Bertz CT molecular complexity index is 285. The van der Waals surface area contributed by atoms with Crippen LogP contribution in [0.5, 0.6) is 0 Å². The molecule has 0 aliphatic heterocycles. The zero-order chi connectivity index (χ0) is 9.59. The van der Waals surface area contributed by atoms with E-state index in [4.69, 9.17) is 0 Å². The average Bonchev–Trinajstić information content (AvgIpc) is 2.27. The molecule has 0 radical (unpaired) electrons. The van der Waals surface area contributed by atoms with Crippen LogP contribution < -0.4 is 0 Å². The molecule has 0 bridgehead atoms. The first-order valence-electron chi connectivity index (χ1n) is 5.18. The van der Waals surface area contributed by atoms with Crippen LogP contribution >= 0.6 is 0 Å². The van der Waals surface area contributed by atoms with E-state index in [1.165, 1.54) is 16.7 Å². The van der Waals surface area contributed by atoms with Gasteiger partial charge in [-0.25, -0.2) is 0 Å². The smallest absolute Gasteiger partial charge is 0.0820 e. The van der Waals surface area contributed by atoms with Crippen LogP contribution in [0, 0.1) is 11.8 Å². The molecule has 0 saturated carbocycles. The molecule has 0 aromatic carbocycles. The fourth-order valence-corrected chi connectivity index (χ4v) is 2.77. The standard InChI is InChI=1S/C12H18O/c1-7-4-8(2)11-10(5-7)6-9(3)12(11)13/h4,7,9,12-13H,5-6H2,1-3H3. The quantitative estimate of drug-likeness (QED) is 0.604. The third kappa shape index (κ3) is 1.35. The molecule has 0 fully saturated rings. The van der Waals surface area contributed by atoms with E-state index in [0.717, 1.165) is 12.8 Å². The van der Waals surface area contributed by atoms with E-state index < -0.39 is 0 Å². The van der Waals surface area contributed by atoms with Gasteiger partial charge in [-0.05, 0) is 42.7 Å². The summed E-state index contributed by atoms with van der Waals surface area (Å²) in [4.78, 5) is 0. The van der Waals surface area contributed by atoms with Crippen LogP contribution in [0.4, 0.5) is 0 Å². The molecule has 72 valence electrons. The SMILES string of the molecule is CC1=CC(C)CC2=C1C(O)C(C)C2. The van der Waals surface area contributed by atoms with E-state index in [9.17, 15) is 5.11 Å². The van der Waals surface area contributed by atoms with Crippen LogP contribution in [-0.4, -0.2) is 11.2 Å². The molecule has 3 atom stereocenters. The Hall–Kier alpha value is -0.560. The Morgan fingerprint density at radius 1 is 1.31 bits per heavy atom. The molecule has 1 N–H and O–H groups in total. The zero-order valence-corrected chi connectivity index (χ0v) is 8.67. The van der Waals surface area contributed by atoms with E-state index in [-0.39, 0.29) is 6.10 Å². The van der Waals surface area contributed by atoms with Crippen molar-refractivity contribution in [2.45, 2.75) is 39.7 Å². The number of rotatable bonds is 0. The summed E-state index contributed by atoms with van der Waals surface area (Å²) in [6.07, 6.45) is 4.36. The van der Waals surface area contributed by atoms with Gasteiger partial charge in [0.2, 0.25) is 0 Å². The summed E-state index contributed by atoms with van der Waals surface area (Å²) in [6, 6.07) is 0. The maximum absolute atomic E-state index is 9.95. The van der Waals surface area contributed by atoms with E-state index in [2.05, 4.69) is 26.8 Å². The minimum absolute atomic E-state index is 0.196. The van der Waals surface area contributed by atoms with Crippen molar-refractivity contribution in [3.8, 4) is 0 Å². The Balaban J connectivity index is 2.34. The second kappa shape index (κ2) is 2.98. The predicted molar refractivity (Wildman–Crippen MR) is 54.4 cm³/mol. The zero-order valence-electron chi connectivity index (χ0n) is 8.67. The summed E-state index contributed by atoms with van der Waals surface area (Å²) in [5.74, 6) is 1.09. The van der Waals surface area contributed by atoms with Crippen LogP contribution in [0.15, 0.2) is 22.8 Å². The maximum atomic E-state index is 9.95. The van der Waals surface area contributed by atoms with Gasteiger partial charge in [0.25, 0.3) is 0 Å². The number of allylic oxidation sites excluding steroid dienone is 2. The van der Waals surface area contributed by atoms with Gasteiger partial charge in [-0.3, -0.25) is 0 Å². The van der Waals surface area contributed by atoms with Gasteiger partial charge in [-0.2, -0.15) is 0 Å². The third-order valence-corrected chi connectivity index (χ3v) is 3.31. The van der Waals surface area contributed by atoms with Crippen molar-refractivity contribution < 1.29 is 5.11 Å². The molecule has 3 unspecified atom stereocenters. The largest absolute Gasteiger partial charge is 0.388 e. The molecular weight excluding hydrogens is 160 g/mol. The fourth-order valence-electron chi connectivity index (χ4n) is 2.77. The minimum atomic E-state index is -0.196. The van der Waals surface area contributed by atoms with Gasteiger partial charge >= 0.3 is 0 Å². The molecule has 0 aromatic rings. The van der Waals surface area contributed by atoms with E-state index in [1.54, 1.807) is 0 Å². The van der Waals surface area contributed by atoms with Gasteiger partial charge < -0.3 is 5.11 Å². The lowest BCUT2D eigenvalue weighted by Crippen LogP contribution is -2.15. The first kappa shape index (κ1) is 9.01. The lowest BCUT2D eigenvalue weighted by molar-refractivity contribution is 0.166. The molecule has 0 spiro atoms. The maximum Gasteiger partial charge on any atom is 0.0820 e. The normalized spacial score (nSPS) is 39.1. The van der Waals surface area contributed by atoms with Crippen molar-refractivity contribution >= 4 is 0 Å². The van der Waals surface area contributed by atoms with Crippen LogP contribution in [0.2, 0.25) is 0 Å². The molecular formula is C12H18O. The highest BCUT2D eigenvalue weighted by atomic mass is 16.3. The first-order chi connectivity index (χ1) is 6.09. The third-order valence-electron chi connectivity index (χ3n) is 3.31. The van der Waals surface area contributed by atoms with Crippen LogP contribution in [0.3, 0.4) is 0 Å². The summed E-state index contributed by atoms with van der Waals surface area (Å²) in [6.45, 7) is 6.52. The van der Waals surface area contributed by atoms with Gasteiger partial charge in [0, 0.05) is 0 Å². The Morgan fingerprint density at radius 2 is 2.00 bits per heavy atom. The molecule has 0 amide bonds. The van der Waals surface area contributed by atoms with Gasteiger partial charge in [0.1, 0.15) is 0 Å².